The molecule has 0 bridgehead atoms. The Kier molecular flexibility index (Phi) is 5.78. The maximum absolute atomic E-state index is 12.1. The number of carboxylic acid groups (broad SMARTS) is 1. The lowest BCUT2D eigenvalue weighted by Crippen LogP contribution is -2.53. The molecule has 1 aromatic rings. The number of carboxylic acids is 1. The van der Waals surface area contributed by atoms with Gasteiger partial charge in [0.2, 0.25) is 0 Å². The van der Waals surface area contributed by atoms with Crippen molar-refractivity contribution in [3.63, 3.8) is 0 Å². The predicted octanol–water partition coefficient (Wildman–Crippen LogP) is 3.24. The molecule has 118 valence electrons. The Balaban J connectivity index is 2.77. The lowest BCUT2D eigenvalue weighted by atomic mass is 9.87. The highest BCUT2D eigenvalue weighted by molar-refractivity contribution is 7.10. The topological polar surface area (TPSA) is 78.4 Å². The van der Waals surface area contributed by atoms with E-state index in [1.807, 2.05) is 31.4 Å². The summed E-state index contributed by atoms with van der Waals surface area (Å²) in [5.74, 6) is -0.817. The van der Waals surface area contributed by atoms with Crippen molar-refractivity contribution in [2.75, 3.05) is 0 Å². The van der Waals surface area contributed by atoms with Crippen molar-refractivity contribution >= 4 is 23.3 Å². The first kappa shape index (κ1) is 17.5. The summed E-state index contributed by atoms with van der Waals surface area (Å²) >= 11 is 1.57. The normalized spacial score (nSPS) is 14.6. The van der Waals surface area contributed by atoms with Crippen molar-refractivity contribution in [2.24, 2.45) is 11.3 Å². The van der Waals surface area contributed by atoms with Gasteiger partial charge >= 0.3 is 12.0 Å². The van der Waals surface area contributed by atoms with Crippen LogP contribution in [0, 0.1) is 11.3 Å². The highest BCUT2D eigenvalue weighted by Gasteiger charge is 2.33. The smallest absolute Gasteiger partial charge is 0.326 e. The maximum atomic E-state index is 12.1. The first-order chi connectivity index (χ1) is 9.62. The summed E-state index contributed by atoms with van der Waals surface area (Å²) in [7, 11) is 0. The molecule has 3 N–H and O–H groups in total. The number of carbonyl (C=O) groups excluding carboxylic acids is 1. The van der Waals surface area contributed by atoms with Crippen LogP contribution in [0.2, 0.25) is 0 Å². The molecule has 1 rings (SSSR count). The van der Waals surface area contributed by atoms with Crippen LogP contribution in [0.4, 0.5) is 4.79 Å². The van der Waals surface area contributed by atoms with Crippen LogP contribution in [0.5, 0.6) is 0 Å². The van der Waals surface area contributed by atoms with E-state index in [4.69, 9.17) is 0 Å². The lowest BCUT2D eigenvalue weighted by molar-refractivity contribution is -0.141. The fourth-order valence-corrected chi connectivity index (χ4v) is 2.95. The van der Waals surface area contributed by atoms with Gasteiger partial charge in [0.1, 0.15) is 6.04 Å². The highest BCUT2D eigenvalue weighted by Crippen LogP contribution is 2.26. The van der Waals surface area contributed by atoms with Gasteiger partial charge in [-0.2, -0.15) is 0 Å². The first-order valence-electron chi connectivity index (χ1n) is 6.96. The zero-order valence-corrected chi connectivity index (χ0v) is 14.0. The van der Waals surface area contributed by atoms with Crippen LogP contribution in [0.15, 0.2) is 17.5 Å². The summed E-state index contributed by atoms with van der Waals surface area (Å²) in [6, 6.07) is 2.38. The summed E-state index contributed by atoms with van der Waals surface area (Å²) in [6.07, 6.45) is 0. The largest absolute Gasteiger partial charge is 0.480 e. The van der Waals surface area contributed by atoms with Crippen molar-refractivity contribution in [1.82, 2.24) is 10.6 Å². The van der Waals surface area contributed by atoms with Crippen molar-refractivity contribution in [3.05, 3.63) is 22.4 Å². The molecule has 0 spiro atoms. The summed E-state index contributed by atoms with van der Waals surface area (Å²) in [4.78, 5) is 24.5. The average molecular weight is 312 g/mol. The third-order valence-electron chi connectivity index (χ3n) is 3.19. The van der Waals surface area contributed by atoms with Gasteiger partial charge in [-0.3, -0.25) is 0 Å². The molecule has 0 aliphatic rings. The second-order valence-electron chi connectivity index (χ2n) is 6.49. The molecule has 0 saturated heterocycles. The van der Waals surface area contributed by atoms with Gasteiger partial charge in [0.15, 0.2) is 0 Å². The number of hydrogen-bond acceptors (Lipinski definition) is 3. The molecular formula is C15H24N2O3S. The van der Waals surface area contributed by atoms with Gasteiger partial charge in [0.05, 0.1) is 6.04 Å². The molecule has 0 aliphatic carbocycles. The van der Waals surface area contributed by atoms with E-state index in [0.29, 0.717) is 0 Å². The van der Waals surface area contributed by atoms with E-state index in [1.54, 1.807) is 32.1 Å². The molecule has 0 aromatic carbocycles. The molecule has 21 heavy (non-hydrogen) atoms. The van der Waals surface area contributed by atoms with Crippen molar-refractivity contribution in [2.45, 2.75) is 46.7 Å². The van der Waals surface area contributed by atoms with Crippen LogP contribution in [-0.2, 0) is 4.79 Å². The minimum absolute atomic E-state index is 0.126. The number of rotatable bonds is 5. The zero-order chi connectivity index (χ0) is 16.2. The fourth-order valence-electron chi connectivity index (χ4n) is 2.00. The Morgan fingerprint density at radius 2 is 1.86 bits per heavy atom. The van der Waals surface area contributed by atoms with E-state index < -0.39 is 23.5 Å². The van der Waals surface area contributed by atoms with Gasteiger partial charge in [-0.05, 0) is 22.8 Å². The molecule has 1 aromatic heterocycles. The maximum Gasteiger partial charge on any atom is 0.326 e. The van der Waals surface area contributed by atoms with E-state index in [1.165, 1.54) is 0 Å². The van der Waals surface area contributed by atoms with E-state index in [-0.39, 0.29) is 12.0 Å². The standard InChI is InChI=1S/C15H24N2O3S/c1-9(2)11(10-7-6-8-21-10)16-14(20)17-12(13(18)19)15(3,4)5/h6-9,11-12H,1-5H3,(H,18,19)(H2,16,17,20)/t11?,12-/m1/s1. The second-order valence-corrected chi connectivity index (χ2v) is 7.47. The average Bonchev–Trinajstić information content (AvgIpc) is 2.84. The molecule has 6 heteroatoms. The van der Waals surface area contributed by atoms with Gasteiger partial charge in [0.25, 0.3) is 0 Å². The molecule has 0 aliphatic heterocycles. The van der Waals surface area contributed by atoms with E-state index >= 15 is 0 Å². The van der Waals surface area contributed by atoms with Crippen LogP contribution in [0.1, 0.15) is 45.5 Å². The third kappa shape index (κ3) is 5.04. The monoisotopic (exact) mass is 312 g/mol. The first-order valence-corrected chi connectivity index (χ1v) is 7.84. The van der Waals surface area contributed by atoms with Crippen molar-refractivity contribution in [3.8, 4) is 0 Å². The second kappa shape index (κ2) is 6.93. The van der Waals surface area contributed by atoms with Gasteiger partial charge in [-0.1, -0.05) is 40.7 Å². The molecule has 0 fully saturated rings. The SMILES string of the molecule is CC(C)C(NC(=O)N[C@H](C(=O)O)C(C)(C)C)c1cccs1. The van der Waals surface area contributed by atoms with E-state index in [2.05, 4.69) is 10.6 Å². The van der Waals surface area contributed by atoms with Crippen LogP contribution >= 0.6 is 11.3 Å². The predicted molar refractivity (Wildman–Crippen MR) is 84.4 cm³/mol. The number of amides is 2. The summed E-state index contributed by atoms with van der Waals surface area (Å²) in [5, 5.41) is 16.6. The van der Waals surface area contributed by atoms with Gasteiger partial charge in [0, 0.05) is 4.88 Å². The fraction of sp³-hybridized carbons (Fsp3) is 0.600. The molecule has 1 unspecified atom stereocenters. The third-order valence-corrected chi connectivity index (χ3v) is 4.15. The Morgan fingerprint density at radius 1 is 1.24 bits per heavy atom. The Morgan fingerprint density at radius 3 is 2.24 bits per heavy atom. The van der Waals surface area contributed by atoms with Crippen LogP contribution < -0.4 is 10.6 Å². The zero-order valence-electron chi connectivity index (χ0n) is 13.1. The Bertz CT molecular complexity index is 478. The van der Waals surface area contributed by atoms with Crippen LogP contribution in [-0.4, -0.2) is 23.1 Å². The molecule has 0 radical (unpaired) electrons. The van der Waals surface area contributed by atoms with Crippen LogP contribution in [0.25, 0.3) is 0 Å². The molecule has 1 heterocycles. The minimum Gasteiger partial charge on any atom is -0.480 e. The molecule has 2 amide bonds. The number of thiophene rings is 1. The molecular weight excluding hydrogens is 288 g/mol. The van der Waals surface area contributed by atoms with Gasteiger partial charge in [-0.15, -0.1) is 11.3 Å². The number of nitrogens with one attached hydrogen (secondary N) is 2. The minimum atomic E-state index is -1.03. The number of urea groups is 1. The van der Waals surface area contributed by atoms with Crippen LogP contribution in [0.3, 0.4) is 0 Å². The number of hydrogen-bond donors (Lipinski definition) is 3. The van der Waals surface area contributed by atoms with Crippen molar-refractivity contribution < 1.29 is 14.7 Å². The summed E-state index contributed by atoms with van der Waals surface area (Å²) in [6.45, 7) is 9.38. The summed E-state index contributed by atoms with van der Waals surface area (Å²) in [5.41, 5.74) is -0.556. The van der Waals surface area contributed by atoms with Crippen molar-refractivity contribution in [1.29, 1.82) is 0 Å². The molecule has 0 saturated carbocycles. The summed E-state index contributed by atoms with van der Waals surface area (Å²) < 4.78 is 0. The number of carbonyl (C=O) groups is 2. The molecule has 5 nitrogen and oxygen atoms in total. The van der Waals surface area contributed by atoms with E-state index in [9.17, 15) is 14.7 Å². The lowest BCUT2D eigenvalue weighted by Gasteiger charge is -2.29. The quantitative estimate of drug-likeness (QED) is 0.781. The highest BCUT2D eigenvalue weighted by atomic mass is 32.1. The van der Waals surface area contributed by atoms with E-state index in [0.717, 1.165) is 4.88 Å². The Hall–Kier alpha value is -1.56. The molecule has 2 atom stereocenters. The Labute approximate surface area is 129 Å². The number of aliphatic carboxylic acids is 1. The van der Waals surface area contributed by atoms with Gasteiger partial charge < -0.3 is 15.7 Å². The van der Waals surface area contributed by atoms with Gasteiger partial charge in [-0.25, -0.2) is 9.59 Å².